The van der Waals surface area contributed by atoms with Gasteiger partial charge in [0.25, 0.3) is 5.91 Å². The van der Waals surface area contributed by atoms with Crippen LogP contribution in [0.15, 0.2) is 18.2 Å². The Bertz CT molecular complexity index is 1220. The molecule has 0 aromatic heterocycles. The maximum absolute atomic E-state index is 12.8. The molecule has 0 spiro atoms. The van der Waals surface area contributed by atoms with Gasteiger partial charge in [0.05, 0.1) is 26.3 Å². The Kier molecular flexibility index (Phi) is 18.4. The smallest absolute Gasteiger partial charge is 0.305 e. The highest BCUT2D eigenvalue weighted by Crippen LogP contribution is 2.18. The average molecular weight is 649 g/mol. The van der Waals surface area contributed by atoms with Crippen molar-refractivity contribution >= 4 is 47.0 Å². The van der Waals surface area contributed by atoms with Crippen molar-refractivity contribution in [1.29, 1.82) is 0 Å². The summed E-state index contributed by atoms with van der Waals surface area (Å²) in [6.45, 7) is 8.48. The van der Waals surface area contributed by atoms with Gasteiger partial charge in [0.2, 0.25) is 23.6 Å². The third-order valence-corrected chi connectivity index (χ3v) is 6.49. The second kappa shape index (κ2) is 21.4. The molecular formula is C31H48N6O9. The lowest BCUT2D eigenvalue weighted by molar-refractivity contribution is -0.144. The predicted octanol–water partition coefficient (Wildman–Crippen LogP) is 0.162. The molecule has 256 valence electrons. The Morgan fingerprint density at radius 3 is 2.15 bits per heavy atom. The molecule has 15 heteroatoms. The molecule has 1 aromatic rings. The van der Waals surface area contributed by atoms with Crippen LogP contribution in [0.2, 0.25) is 0 Å². The van der Waals surface area contributed by atoms with Gasteiger partial charge in [0, 0.05) is 55.1 Å². The number of nitrogens with two attached hydrogens (primary N) is 1. The number of hydrogen-bond donors (Lipinski definition) is 6. The zero-order valence-electron chi connectivity index (χ0n) is 27.3. The van der Waals surface area contributed by atoms with E-state index in [9.17, 15) is 33.6 Å². The van der Waals surface area contributed by atoms with E-state index in [1.54, 1.807) is 40.7 Å². The maximum atomic E-state index is 12.8. The summed E-state index contributed by atoms with van der Waals surface area (Å²) in [7, 11) is 0. The number of Topliss-reactive ketones (excluding diaryl/α,β-unsaturated/α-hetero) is 1. The highest BCUT2D eigenvalue weighted by molar-refractivity contribution is 6.00. The predicted molar refractivity (Wildman–Crippen MR) is 169 cm³/mol. The van der Waals surface area contributed by atoms with Crippen molar-refractivity contribution in [3.05, 3.63) is 29.3 Å². The Labute approximate surface area is 269 Å². The topological polar surface area (TPSA) is 224 Å². The van der Waals surface area contributed by atoms with E-state index in [4.69, 9.17) is 15.2 Å². The molecule has 0 saturated heterocycles. The van der Waals surface area contributed by atoms with Gasteiger partial charge in [-0.3, -0.25) is 33.6 Å². The monoisotopic (exact) mass is 648 g/mol. The van der Waals surface area contributed by atoms with Gasteiger partial charge in [-0.15, -0.1) is 0 Å². The molecule has 1 atom stereocenters. The van der Waals surface area contributed by atoms with E-state index in [2.05, 4.69) is 26.6 Å². The van der Waals surface area contributed by atoms with Crippen LogP contribution in [0.3, 0.4) is 0 Å². The number of anilines is 1. The maximum Gasteiger partial charge on any atom is 0.305 e. The molecule has 0 fully saturated rings. The molecule has 7 N–H and O–H groups in total. The lowest BCUT2D eigenvalue weighted by atomic mass is 10.0. The first-order chi connectivity index (χ1) is 21.8. The van der Waals surface area contributed by atoms with Gasteiger partial charge in [-0.2, -0.15) is 0 Å². The average Bonchev–Trinajstić information content (AvgIpc) is 3.02. The van der Waals surface area contributed by atoms with Crippen molar-refractivity contribution in [3.8, 4) is 0 Å². The van der Waals surface area contributed by atoms with Crippen molar-refractivity contribution in [3.63, 3.8) is 0 Å². The van der Waals surface area contributed by atoms with Gasteiger partial charge in [-0.1, -0.05) is 40.7 Å². The highest BCUT2D eigenvalue weighted by atomic mass is 16.5. The Hall–Kier alpha value is -4.37. The molecule has 15 nitrogen and oxygen atoms in total. The van der Waals surface area contributed by atoms with Crippen LogP contribution in [0.25, 0.3) is 0 Å². The minimum atomic E-state index is -0.984. The van der Waals surface area contributed by atoms with Crippen LogP contribution in [0, 0.1) is 11.8 Å². The molecule has 1 rings (SSSR count). The molecular weight excluding hydrogens is 600 g/mol. The molecule has 1 unspecified atom stereocenters. The van der Waals surface area contributed by atoms with Crippen LogP contribution >= 0.6 is 0 Å². The van der Waals surface area contributed by atoms with Crippen molar-refractivity contribution < 1.29 is 43.0 Å². The number of carbonyl (C=O) groups is 7. The molecule has 0 heterocycles. The molecule has 0 radical (unpaired) electrons. The summed E-state index contributed by atoms with van der Waals surface area (Å²) in [6, 6.07) is 3.51. The SMILES string of the molecule is CCC(=O)OCc1ccc(NC(=O)CNC(=O)C(NC(=O)CNC(=O)CCOCCC(=O)C(C)C)C(C)C)cc1C(=O)NCCN. The fraction of sp³-hybridized carbons (Fsp3) is 0.581. The van der Waals surface area contributed by atoms with Gasteiger partial charge in [0.1, 0.15) is 18.4 Å². The summed E-state index contributed by atoms with van der Waals surface area (Å²) in [5, 5.41) is 12.7. The summed E-state index contributed by atoms with van der Waals surface area (Å²) in [4.78, 5) is 85.7. The Morgan fingerprint density at radius 2 is 1.52 bits per heavy atom. The number of nitrogens with one attached hydrogen (secondary N) is 5. The zero-order valence-corrected chi connectivity index (χ0v) is 27.3. The first-order valence-corrected chi connectivity index (χ1v) is 15.3. The van der Waals surface area contributed by atoms with Crippen LogP contribution in [0.4, 0.5) is 5.69 Å². The van der Waals surface area contributed by atoms with Gasteiger partial charge in [-0.25, -0.2) is 0 Å². The van der Waals surface area contributed by atoms with E-state index in [0.29, 0.717) is 5.56 Å². The Morgan fingerprint density at radius 1 is 0.848 bits per heavy atom. The van der Waals surface area contributed by atoms with E-state index in [1.165, 1.54) is 12.1 Å². The lowest BCUT2D eigenvalue weighted by Crippen LogP contribution is -2.52. The fourth-order valence-electron chi connectivity index (χ4n) is 3.77. The largest absolute Gasteiger partial charge is 0.461 e. The number of benzene rings is 1. The number of rotatable bonds is 21. The van der Waals surface area contributed by atoms with Gasteiger partial charge in [0.15, 0.2) is 0 Å². The highest BCUT2D eigenvalue weighted by Gasteiger charge is 2.25. The molecule has 0 aliphatic heterocycles. The van der Waals surface area contributed by atoms with E-state index in [1.807, 2.05) is 0 Å². The van der Waals surface area contributed by atoms with Crippen molar-refractivity contribution in [2.24, 2.45) is 17.6 Å². The quantitative estimate of drug-likeness (QED) is 0.0782. The van der Waals surface area contributed by atoms with E-state index in [0.717, 1.165) is 0 Å². The first kappa shape index (κ1) is 39.7. The van der Waals surface area contributed by atoms with Crippen LogP contribution in [0.1, 0.15) is 69.8 Å². The van der Waals surface area contributed by atoms with E-state index >= 15 is 0 Å². The number of amides is 5. The summed E-state index contributed by atoms with van der Waals surface area (Å²) < 4.78 is 10.4. The molecule has 0 aliphatic carbocycles. The van der Waals surface area contributed by atoms with Crippen LogP contribution < -0.4 is 32.3 Å². The number of hydrogen-bond acceptors (Lipinski definition) is 10. The molecule has 5 amide bonds. The van der Waals surface area contributed by atoms with Gasteiger partial charge >= 0.3 is 5.97 Å². The third kappa shape index (κ3) is 15.6. The molecule has 1 aromatic carbocycles. The summed E-state index contributed by atoms with van der Waals surface area (Å²) in [5.74, 6) is -3.47. The minimum Gasteiger partial charge on any atom is -0.461 e. The van der Waals surface area contributed by atoms with Crippen LogP contribution in [-0.4, -0.2) is 86.7 Å². The lowest BCUT2D eigenvalue weighted by Gasteiger charge is -2.21. The molecule has 46 heavy (non-hydrogen) atoms. The molecule has 0 saturated carbocycles. The summed E-state index contributed by atoms with van der Waals surface area (Å²) >= 11 is 0. The van der Waals surface area contributed by atoms with Crippen molar-refractivity contribution in [2.75, 3.05) is 44.7 Å². The van der Waals surface area contributed by atoms with E-state index < -0.39 is 48.1 Å². The van der Waals surface area contributed by atoms with Crippen molar-refractivity contribution in [2.45, 2.75) is 66.5 Å². The van der Waals surface area contributed by atoms with Crippen LogP contribution in [-0.2, 0) is 44.8 Å². The van der Waals surface area contributed by atoms with Gasteiger partial charge < -0.3 is 41.8 Å². The third-order valence-electron chi connectivity index (χ3n) is 6.49. The second-order valence-electron chi connectivity index (χ2n) is 11.0. The number of esters is 1. The Balaban J connectivity index is 2.63. The number of ketones is 1. The van der Waals surface area contributed by atoms with Gasteiger partial charge in [-0.05, 0) is 18.1 Å². The van der Waals surface area contributed by atoms with Crippen LogP contribution in [0.5, 0.6) is 0 Å². The normalized spacial score (nSPS) is 11.4. The number of carbonyl (C=O) groups excluding carboxylic acids is 7. The second-order valence-corrected chi connectivity index (χ2v) is 11.0. The standard InChI is InChI=1S/C31H48N6O9/c1-6-28(42)46-18-21-7-8-22(15-23(21)30(43)33-12-11-32)36-26(40)17-35-31(44)29(20(4)5)37-27(41)16-34-25(39)10-14-45-13-9-24(38)19(2)3/h7-8,15,19-20,29H,6,9-14,16-18,32H2,1-5H3,(H,33,43)(H,34,39)(H,35,44)(H,36,40)(H,37,41). The number of ether oxygens (including phenoxy) is 2. The summed E-state index contributed by atoms with van der Waals surface area (Å²) in [5.41, 5.74) is 6.34. The van der Waals surface area contributed by atoms with Crippen molar-refractivity contribution in [1.82, 2.24) is 21.3 Å². The minimum absolute atomic E-state index is 0.00125. The zero-order chi connectivity index (χ0) is 34.6. The van der Waals surface area contributed by atoms with E-state index in [-0.39, 0.29) is 87.6 Å². The fourth-order valence-corrected chi connectivity index (χ4v) is 3.77. The molecule has 0 bridgehead atoms. The first-order valence-electron chi connectivity index (χ1n) is 15.3. The summed E-state index contributed by atoms with van der Waals surface area (Å²) in [6.07, 6.45) is 0.442. The molecule has 0 aliphatic rings.